The van der Waals surface area contributed by atoms with Crippen LogP contribution in [0.2, 0.25) is 0 Å². The maximum absolute atomic E-state index is 12.6. The van der Waals surface area contributed by atoms with Gasteiger partial charge in [-0.3, -0.25) is 4.90 Å². The van der Waals surface area contributed by atoms with E-state index in [0.29, 0.717) is 0 Å². The lowest BCUT2D eigenvalue weighted by atomic mass is 9.85. The van der Waals surface area contributed by atoms with Crippen LogP contribution in [0.3, 0.4) is 0 Å². The van der Waals surface area contributed by atoms with E-state index in [4.69, 9.17) is 14.5 Å². The number of aliphatic hydroxyl groups excluding tert-OH is 1. The van der Waals surface area contributed by atoms with Crippen LogP contribution in [0, 0.1) is 5.92 Å². The van der Waals surface area contributed by atoms with Crippen molar-refractivity contribution in [1.29, 1.82) is 0 Å². The van der Waals surface area contributed by atoms with Crippen molar-refractivity contribution >= 4 is 34.4 Å². The number of carbonyl (C=O) groups is 1. The number of aryl methyl sites for hydroxylation is 1. The van der Waals surface area contributed by atoms with Gasteiger partial charge < -0.3 is 29.6 Å². The highest BCUT2D eigenvalue weighted by Gasteiger charge is 2.33. The first-order chi connectivity index (χ1) is 17.4. The number of nitrogens with zero attached hydrogens (tertiary/aromatic N) is 3. The molecule has 1 aliphatic heterocycles. The van der Waals surface area contributed by atoms with E-state index in [-0.39, 0.29) is 24.1 Å². The molecule has 192 valence electrons. The molecule has 1 fully saturated rings. The first-order valence-corrected chi connectivity index (χ1v) is 12.6. The predicted octanol–water partition coefficient (Wildman–Crippen LogP) is 4.74. The average Bonchev–Trinajstić information content (AvgIpc) is 3.26. The summed E-state index contributed by atoms with van der Waals surface area (Å²) in [7, 11) is 3.05. The Morgan fingerprint density at radius 2 is 1.89 bits per heavy atom. The molecule has 0 bridgehead atoms. The standard InChI is InChI=1S/C27H34N4O5/c1-16-7-12-21-22(30(16)27(34)36-3)13-14-23-24(21)29-26(28-18-5-4-6-20(15-18)35-2)31(23)19-10-8-17(9-11-19)25(32)33/h4-6,13-17,19,25,32-33H,7-12H2,1-3H3,(H,28,29)/t16-,17-,19-/m0/s1. The maximum atomic E-state index is 12.6. The zero-order chi connectivity index (χ0) is 25.4. The lowest BCUT2D eigenvalue weighted by Crippen LogP contribution is -2.42. The molecule has 1 aromatic heterocycles. The van der Waals surface area contributed by atoms with Gasteiger partial charge in [-0.05, 0) is 69.7 Å². The molecule has 5 rings (SSSR count). The molecule has 3 aromatic rings. The molecule has 1 atom stereocenters. The van der Waals surface area contributed by atoms with Crippen LogP contribution >= 0.6 is 0 Å². The third-order valence-corrected chi connectivity index (χ3v) is 7.68. The van der Waals surface area contributed by atoms with Crippen LogP contribution in [0.15, 0.2) is 36.4 Å². The predicted molar refractivity (Wildman–Crippen MR) is 138 cm³/mol. The Balaban J connectivity index is 1.61. The molecule has 1 saturated carbocycles. The van der Waals surface area contributed by atoms with Crippen molar-refractivity contribution in [2.45, 2.75) is 63.8 Å². The first-order valence-electron chi connectivity index (χ1n) is 12.6. The number of carbonyl (C=O) groups excluding carboxylic acids is 1. The summed E-state index contributed by atoms with van der Waals surface area (Å²) in [6, 6.07) is 12.0. The summed E-state index contributed by atoms with van der Waals surface area (Å²) in [5.74, 6) is 1.37. The number of nitrogens with one attached hydrogen (secondary N) is 1. The second-order valence-electron chi connectivity index (χ2n) is 9.80. The van der Waals surface area contributed by atoms with Crippen molar-refractivity contribution in [3.8, 4) is 5.75 Å². The van der Waals surface area contributed by atoms with E-state index >= 15 is 0 Å². The van der Waals surface area contributed by atoms with Crippen LogP contribution in [-0.2, 0) is 11.2 Å². The van der Waals surface area contributed by atoms with Gasteiger partial charge in [-0.15, -0.1) is 0 Å². The molecule has 2 aromatic carbocycles. The Hall–Kier alpha value is -3.30. The number of imidazole rings is 1. The number of aliphatic hydroxyl groups is 2. The first kappa shape index (κ1) is 24.4. The summed E-state index contributed by atoms with van der Waals surface area (Å²) in [6.45, 7) is 2.03. The second-order valence-corrected chi connectivity index (χ2v) is 9.80. The zero-order valence-corrected chi connectivity index (χ0v) is 21.0. The summed E-state index contributed by atoms with van der Waals surface area (Å²) in [5, 5.41) is 22.9. The van der Waals surface area contributed by atoms with Crippen molar-refractivity contribution in [3.05, 3.63) is 42.0 Å². The Morgan fingerprint density at radius 1 is 1.11 bits per heavy atom. The molecule has 0 unspecified atom stereocenters. The van der Waals surface area contributed by atoms with Crippen LogP contribution in [-0.4, -0.2) is 52.4 Å². The topological polar surface area (TPSA) is 109 Å². The number of benzene rings is 2. The highest BCUT2D eigenvalue weighted by atomic mass is 16.5. The van der Waals surface area contributed by atoms with Crippen LogP contribution in [0.25, 0.3) is 11.0 Å². The van der Waals surface area contributed by atoms with E-state index in [1.807, 2.05) is 43.3 Å². The molecule has 36 heavy (non-hydrogen) atoms. The lowest BCUT2D eigenvalue weighted by molar-refractivity contribution is -0.0950. The molecule has 0 radical (unpaired) electrons. The van der Waals surface area contributed by atoms with Gasteiger partial charge in [0.05, 0.1) is 30.9 Å². The monoisotopic (exact) mass is 494 g/mol. The van der Waals surface area contributed by atoms with Crippen molar-refractivity contribution < 1.29 is 24.5 Å². The molecule has 9 nitrogen and oxygen atoms in total. The summed E-state index contributed by atoms with van der Waals surface area (Å²) < 4.78 is 12.7. The number of anilines is 3. The van der Waals surface area contributed by atoms with Crippen molar-refractivity contribution in [2.24, 2.45) is 5.92 Å². The number of aromatic nitrogens is 2. The van der Waals surface area contributed by atoms with Crippen molar-refractivity contribution in [2.75, 3.05) is 24.4 Å². The van der Waals surface area contributed by atoms with Gasteiger partial charge in [0.25, 0.3) is 0 Å². The Morgan fingerprint density at radius 3 is 2.58 bits per heavy atom. The fraction of sp³-hybridized carbons (Fsp3) is 0.481. The van der Waals surface area contributed by atoms with Gasteiger partial charge in [0, 0.05) is 35.3 Å². The fourth-order valence-corrected chi connectivity index (χ4v) is 5.72. The van der Waals surface area contributed by atoms with Gasteiger partial charge in [0.15, 0.2) is 6.29 Å². The van der Waals surface area contributed by atoms with E-state index in [2.05, 4.69) is 9.88 Å². The number of ether oxygens (including phenoxy) is 2. The van der Waals surface area contributed by atoms with Crippen LogP contribution in [0.1, 0.15) is 50.6 Å². The van der Waals surface area contributed by atoms with E-state index in [1.54, 1.807) is 12.0 Å². The van der Waals surface area contributed by atoms with Crippen LogP contribution < -0.4 is 15.0 Å². The number of methoxy groups -OCH3 is 2. The smallest absolute Gasteiger partial charge is 0.414 e. The number of hydrogen-bond donors (Lipinski definition) is 3. The minimum Gasteiger partial charge on any atom is -0.497 e. The summed E-state index contributed by atoms with van der Waals surface area (Å²) in [5.41, 5.74) is 4.64. The Kier molecular flexibility index (Phi) is 6.77. The summed E-state index contributed by atoms with van der Waals surface area (Å²) >= 11 is 0. The van der Waals surface area contributed by atoms with Gasteiger partial charge in [-0.1, -0.05) is 6.07 Å². The largest absolute Gasteiger partial charge is 0.497 e. The number of hydrogen-bond acceptors (Lipinski definition) is 7. The Bertz CT molecular complexity index is 1250. The van der Waals surface area contributed by atoms with Crippen molar-refractivity contribution in [3.63, 3.8) is 0 Å². The third-order valence-electron chi connectivity index (χ3n) is 7.68. The minimum absolute atomic E-state index is 0.0408. The average molecular weight is 495 g/mol. The van der Waals surface area contributed by atoms with Crippen LogP contribution in [0.4, 0.5) is 22.1 Å². The third kappa shape index (κ3) is 4.37. The van der Waals surface area contributed by atoms with E-state index in [0.717, 1.165) is 78.2 Å². The molecular formula is C27H34N4O5. The zero-order valence-electron chi connectivity index (χ0n) is 21.0. The molecule has 0 spiro atoms. The number of fused-ring (bicyclic) bond motifs is 3. The SMILES string of the molecule is COC(=O)N1c2ccc3c(nc(Nc4cccc(OC)c4)n3[C@H]3CC[C@H](C(O)O)CC3)c2CC[C@@H]1C. The van der Waals surface area contributed by atoms with Gasteiger partial charge in [-0.25, -0.2) is 9.78 Å². The van der Waals surface area contributed by atoms with Gasteiger partial charge in [-0.2, -0.15) is 0 Å². The molecule has 0 saturated heterocycles. The molecule has 9 heteroatoms. The van der Waals surface area contributed by atoms with E-state index < -0.39 is 6.29 Å². The second kappa shape index (κ2) is 9.99. The van der Waals surface area contributed by atoms with Crippen LogP contribution in [0.5, 0.6) is 5.75 Å². The molecule has 2 heterocycles. The number of amides is 1. The summed E-state index contributed by atoms with van der Waals surface area (Å²) in [6.07, 6.45) is 3.12. The lowest BCUT2D eigenvalue weighted by Gasteiger charge is -2.34. The van der Waals surface area contributed by atoms with Crippen molar-refractivity contribution in [1.82, 2.24) is 9.55 Å². The summed E-state index contributed by atoms with van der Waals surface area (Å²) in [4.78, 5) is 19.4. The number of rotatable bonds is 5. The van der Waals surface area contributed by atoms with E-state index in [9.17, 15) is 15.0 Å². The molecule has 2 aliphatic rings. The van der Waals surface area contributed by atoms with E-state index in [1.165, 1.54) is 7.11 Å². The van der Waals surface area contributed by atoms with Gasteiger partial charge >= 0.3 is 6.09 Å². The molecular weight excluding hydrogens is 460 g/mol. The minimum atomic E-state index is -1.28. The van der Waals surface area contributed by atoms with Gasteiger partial charge in [0.2, 0.25) is 5.95 Å². The molecule has 1 amide bonds. The fourth-order valence-electron chi connectivity index (χ4n) is 5.72. The highest BCUT2D eigenvalue weighted by molar-refractivity contribution is 5.96. The highest BCUT2D eigenvalue weighted by Crippen LogP contribution is 2.42. The maximum Gasteiger partial charge on any atom is 0.414 e. The molecule has 1 aliphatic carbocycles. The van der Waals surface area contributed by atoms with Gasteiger partial charge in [0.1, 0.15) is 5.75 Å². The normalized spacial score (nSPS) is 21.9. The Labute approximate surface area is 210 Å². The molecule has 3 N–H and O–H groups in total. The quantitative estimate of drug-likeness (QED) is 0.440.